The molecule has 2 N–H and O–H groups in total. The summed E-state index contributed by atoms with van der Waals surface area (Å²) < 4.78 is 7.05. The molecule has 0 aromatic heterocycles. The molecule has 2 aromatic rings. The lowest BCUT2D eigenvalue weighted by atomic mass is 10.1. The van der Waals surface area contributed by atoms with Crippen LogP contribution in [0.25, 0.3) is 0 Å². The van der Waals surface area contributed by atoms with Crippen molar-refractivity contribution < 1.29 is 9.84 Å². The summed E-state index contributed by atoms with van der Waals surface area (Å²) in [6, 6.07) is 13.3. The number of benzene rings is 2. The standard InChI is InChI=1S/C15H15Br2NO2/c1-20-12-5-2-10(3-6-12)15(19)9-18-14-8-11(16)4-7-13(14)17/h2-8,15,18-19H,9H2,1H3. The molecule has 0 bridgehead atoms. The molecule has 0 fully saturated rings. The van der Waals surface area contributed by atoms with Gasteiger partial charge in [0, 0.05) is 21.2 Å². The summed E-state index contributed by atoms with van der Waals surface area (Å²) in [6.07, 6.45) is -0.577. The molecule has 0 aliphatic rings. The highest BCUT2D eigenvalue weighted by Crippen LogP contribution is 2.27. The minimum absolute atomic E-state index is 0.432. The van der Waals surface area contributed by atoms with E-state index in [4.69, 9.17) is 4.74 Å². The van der Waals surface area contributed by atoms with E-state index < -0.39 is 6.10 Å². The van der Waals surface area contributed by atoms with Crippen LogP contribution < -0.4 is 10.1 Å². The maximum absolute atomic E-state index is 10.2. The van der Waals surface area contributed by atoms with Crippen LogP contribution in [0.1, 0.15) is 11.7 Å². The molecule has 5 heteroatoms. The van der Waals surface area contributed by atoms with Gasteiger partial charge in [-0.25, -0.2) is 0 Å². The van der Waals surface area contributed by atoms with Crippen molar-refractivity contribution in [1.82, 2.24) is 0 Å². The number of rotatable bonds is 5. The van der Waals surface area contributed by atoms with Gasteiger partial charge in [0.15, 0.2) is 0 Å². The molecule has 0 radical (unpaired) electrons. The van der Waals surface area contributed by atoms with Crippen molar-refractivity contribution in [1.29, 1.82) is 0 Å². The fourth-order valence-corrected chi connectivity index (χ4v) is 2.53. The lowest BCUT2D eigenvalue weighted by Gasteiger charge is -2.15. The highest BCUT2D eigenvalue weighted by Gasteiger charge is 2.08. The summed E-state index contributed by atoms with van der Waals surface area (Å²) in [5, 5.41) is 13.4. The van der Waals surface area contributed by atoms with E-state index in [2.05, 4.69) is 37.2 Å². The minimum atomic E-state index is -0.577. The Labute approximate surface area is 135 Å². The lowest BCUT2D eigenvalue weighted by Crippen LogP contribution is -2.12. The molecule has 0 saturated heterocycles. The van der Waals surface area contributed by atoms with Crippen molar-refractivity contribution in [2.24, 2.45) is 0 Å². The largest absolute Gasteiger partial charge is 0.497 e. The Hall–Kier alpha value is -1.04. The molecule has 1 unspecified atom stereocenters. The van der Waals surface area contributed by atoms with Crippen LogP contribution in [0.4, 0.5) is 5.69 Å². The van der Waals surface area contributed by atoms with E-state index in [-0.39, 0.29) is 0 Å². The molecule has 0 amide bonds. The summed E-state index contributed by atoms with van der Waals surface area (Å²) in [5.74, 6) is 0.781. The summed E-state index contributed by atoms with van der Waals surface area (Å²) >= 11 is 6.90. The third kappa shape index (κ3) is 3.98. The van der Waals surface area contributed by atoms with Gasteiger partial charge in [-0.05, 0) is 51.8 Å². The van der Waals surface area contributed by atoms with Crippen LogP contribution in [0.5, 0.6) is 5.75 Å². The van der Waals surface area contributed by atoms with Crippen LogP contribution in [0.2, 0.25) is 0 Å². The number of nitrogens with one attached hydrogen (secondary N) is 1. The monoisotopic (exact) mass is 399 g/mol. The fourth-order valence-electron chi connectivity index (χ4n) is 1.78. The first-order valence-corrected chi connectivity index (χ1v) is 7.69. The third-order valence-corrected chi connectivity index (χ3v) is 4.10. The molecular formula is C15H15Br2NO2. The molecule has 20 heavy (non-hydrogen) atoms. The average Bonchev–Trinajstić information content (AvgIpc) is 2.48. The van der Waals surface area contributed by atoms with Crippen LogP contribution in [0.15, 0.2) is 51.4 Å². The smallest absolute Gasteiger partial charge is 0.118 e. The van der Waals surface area contributed by atoms with Crippen LogP contribution in [-0.4, -0.2) is 18.8 Å². The second kappa shape index (κ2) is 7.11. The zero-order valence-electron chi connectivity index (χ0n) is 10.9. The van der Waals surface area contributed by atoms with Gasteiger partial charge < -0.3 is 15.2 Å². The number of hydrogen-bond donors (Lipinski definition) is 2. The van der Waals surface area contributed by atoms with Crippen molar-refractivity contribution in [3.05, 3.63) is 57.0 Å². The maximum Gasteiger partial charge on any atom is 0.118 e. The normalized spacial score (nSPS) is 12.0. The van der Waals surface area contributed by atoms with Crippen LogP contribution in [0, 0.1) is 0 Å². The highest BCUT2D eigenvalue weighted by atomic mass is 79.9. The fraction of sp³-hybridized carbons (Fsp3) is 0.200. The number of hydrogen-bond acceptors (Lipinski definition) is 3. The van der Waals surface area contributed by atoms with E-state index in [1.807, 2.05) is 42.5 Å². The van der Waals surface area contributed by atoms with Crippen LogP contribution in [-0.2, 0) is 0 Å². The van der Waals surface area contributed by atoms with Crippen molar-refractivity contribution in [3.8, 4) is 5.75 Å². The highest BCUT2D eigenvalue weighted by molar-refractivity contribution is 9.11. The van der Waals surface area contributed by atoms with E-state index in [0.717, 1.165) is 25.9 Å². The van der Waals surface area contributed by atoms with Crippen LogP contribution >= 0.6 is 31.9 Å². The lowest BCUT2D eigenvalue weighted by molar-refractivity contribution is 0.191. The number of anilines is 1. The average molecular weight is 401 g/mol. The number of halogens is 2. The van der Waals surface area contributed by atoms with Gasteiger partial charge in [-0.15, -0.1) is 0 Å². The summed E-state index contributed by atoms with van der Waals surface area (Å²) in [5.41, 5.74) is 1.79. The summed E-state index contributed by atoms with van der Waals surface area (Å²) in [4.78, 5) is 0. The van der Waals surface area contributed by atoms with E-state index in [1.165, 1.54) is 0 Å². The number of aliphatic hydroxyl groups excluding tert-OH is 1. The Morgan fingerprint density at radius 1 is 1.15 bits per heavy atom. The van der Waals surface area contributed by atoms with E-state index in [9.17, 15) is 5.11 Å². The Kier molecular flexibility index (Phi) is 5.46. The molecule has 1 atom stereocenters. The Morgan fingerprint density at radius 2 is 1.85 bits per heavy atom. The number of ether oxygens (including phenoxy) is 1. The predicted molar refractivity (Wildman–Crippen MR) is 88.3 cm³/mol. The van der Waals surface area contributed by atoms with Gasteiger partial charge in [0.05, 0.1) is 13.2 Å². The first kappa shape index (κ1) is 15.4. The molecule has 0 aliphatic carbocycles. The molecular weight excluding hydrogens is 386 g/mol. The van der Waals surface area contributed by atoms with E-state index in [1.54, 1.807) is 7.11 Å². The van der Waals surface area contributed by atoms with Gasteiger partial charge in [-0.3, -0.25) is 0 Å². The maximum atomic E-state index is 10.2. The van der Waals surface area contributed by atoms with Gasteiger partial charge in [0.25, 0.3) is 0 Å². The molecule has 0 aliphatic heterocycles. The topological polar surface area (TPSA) is 41.5 Å². The molecule has 0 heterocycles. The minimum Gasteiger partial charge on any atom is -0.497 e. The zero-order valence-corrected chi connectivity index (χ0v) is 14.1. The number of methoxy groups -OCH3 is 1. The summed E-state index contributed by atoms with van der Waals surface area (Å²) in [7, 11) is 1.62. The molecule has 2 aromatic carbocycles. The van der Waals surface area contributed by atoms with Crippen molar-refractivity contribution in [2.45, 2.75) is 6.10 Å². The zero-order chi connectivity index (χ0) is 14.5. The van der Waals surface area contributed by atoms with Crippen molar-refractivity contribution in [2.75, 3.05) is 19.0 Å². The second-order valence-corrected chi connectivity index (χ2v) is 6.06. The van der Waals surface area contributed by atoms with Gasteiger partial charge >= 0.3 is 0 Å². The van der Waals surface area contributed by atoms with E-state index in [0.29, 0.717) is 6.54 Å². The Bertz CT molecular complexity index is 573. The van der Waals surface area contributed by atoms with Gasteiger partial charge in [0.2, 0.25) is 0 Å². The molecule has 3 nitrogen and oxygen atoms in total. The van der Waals surface area contributed by atoms with Crippen molar-refractivity contribution >= 4 is 37.5 Å². The van der Waals surface area contributed by atoms with Gasteiger partial charge in [-0.1, -0.05) is 28.1 Å². The first-order valence-electron chi connectivity index (χ1n) is 6.11. The SMILES string of the molecule is COc1ccc(C(O)CNc2cc(Br)ccc2Br)cc1. The molecule has 0 spiro atoms. The molecule has 0 saturated carbocycles. The molecule has 2 rings (SSSR count). The Morgan fingerprint density at radius 3 is 2.50 bits per heavy atom. The first-order chi connectivity index (χ1) is 9.60. The van der Waals surface area contributed by atoms with E-state index >= 15 is 0 Å². The predicted octanol–water partition coefficient (Wildman–Crippen LogP) is 4.37. The van der Waals surface area contributed by atoms with Gasteiger partial charge in [0.1, 0.15) is 5.75 Å². The summed E-state index contributed by atoms with van der Waals surface area (Å²) in [6.45, 7) is 0.432. The third-order valence-electron chi connectivity index (χ3n) is 2.91. The van der Waals surface area contributed by atoms with Gasteiger partial charge in [-0.2, -0.15) is 0 Å². The quantitative estimate of drug-likeness (QED) is 0.783. The Balaban J connectivity index is 2.00. The second-order valence-electron chi connectivity index (χ2n) is 4.29. The molecule has 106 valence electrons. The van der Waals surface area contributed by atoms with Crippen molar-refractivity contribution in [3.63, 3.8) is 0 Å². The number of aliphatic hydroxyl groups is 1. The van der Waals surface area contributed by atoms with Crippen LogP contribution in [0.3, 0.4) is 0 Å².